The Morgan fingerprint density at radius 1 is 1.20 bits per heavy atom. The quantitative estimate of drug-likeness (QED) is 0.910. The Morgan fingerprint density at radius 3 is 2.60 bits per heavy atom. The van der Waals surface area contributed by atoms with Gasteiger partial charge in [0, 0.05) is 35.8 Å². The topological polar surface area (TPSA) is 74.8 Å². The van der Waals surface area contributed by atoms with Crippen molar-refractivity contribution < 1.29 is 4.79 Å². The molecule has 1 N–H and O–H groups in total. The molecule has 3 rings (SSSR count). The second-order valence-corrected chi connectivity index (χ2v) is 8.00. The van der Waals surface area contributed by atoms with E-state index >= 15 is 0 Å². The fourth-order valence-corrected chi connectivity index (χ4v) is 3.36. The molecule has 1 fully saturated rings. The molecule has 0 unspecified atom stereocenters. The molecule has 1 amide bonds. The van der Waals surface area contributed by atoms with Gasteiger partial charge in [-0.2, -0.15) is 5.10 Å². The van der Waals surface area contributed by atoms with Gasteiger partial charge in [-0.05, 0) is 38.8 Å². The van der Waals surface area contributed by atoms with Gasteiger partial charge in [0.2, 0.25) is 5.91 Å². The molecule has 2 aromatic heterocycles. The summed E-state index contributed by atoms with van der Waals surface area (Å²) >= 11 is 0. The zero-order valence-electron chi connectivity index (χ0n) is 15.8. The SMILES string of the molecule is Cc1nc(-c2cc(C)[nH]n2)cc([C@@H]2CCCN(C(=O)C(C)(C)C)C2)n1. The van der Waals surface area contributed by atoms with Gasteiger partial charge >= 0.3 is 0 Å². The summed E-state index contributed by atoms with van der Waals surface area (Å²) in [6.45, 7) is 11.4. The predicted octanol–water partition coefficient (Wildman–Crippen LogP) is 3.24. The first-order chi connectivity index (χ1) is 11.7. The number of aromatic nitrogens is 4. The van der Waals surface area contributed by atoms with E-state index in [0.29, 0.717) is 0 Å². The molecule has 1 atom stereocenters. The molecular weight excluding hydrogens is 314 g/mol. The minimum Gasteiger partial charge on any atom is -0.342 e. The lowest BCUT2D eigenvalue weighted by molar-refractivity contribution is -0.140. The molecular formula is C19H27N5O. The zero-order chi connectivity index (χ0) is 18.2. The van der Waals surface area contributed by atoms with Crippen molar-refractivity contribution in [2.24, 2.45) is 5.41 Å². The highest BCUT2D eigenvalue weighted by Gasteiger charge is 2.32. The van der Waals surface area contributed by atoms with Gasteiger partial charge in [-0.1, -0.05) is 20.8 Å². The maximum Gasteiger partial charge on any atom is 0.227 e. The van der Waals surface area contributed by atoms with Crippen LogP contribution in [0.4, 0.5) is 0 Å². The number of hydrogen-bond donors (Lipinski definition) is 1. The number of carbonyl (C=O) groups is 1. The summed E-state index contributed by atoms with van der Waals surface area (Å²) in [5.74, 6) is 1.21. The molecule has 6 heteroatoms. The summed E-state index contributed by atoms with van der Waals surface area (Å²) in [6.07, 6.45) is 2.05. The second kappa shape index (κ2) is 6.58. The van der Waals surface area contributed by atoms with Gasteiger partial charge in [0.05, 0.1) is 5.69 Å². The Kier molecular flexibility index (Phi) is 4.62. The van der Waals surface area contributed by atoms with Crippen LogP contribution in [0.15, 0.2) is 12.1 Å². The van der Waals surface area contributed by atoms with E-state index in [2.05, 4.69) is 20.2 Å². The number of hydrogen-bond acceptors (Lipinski definition) is 4. The van der Waals surface area contributed by atoms with Crippen LogP contribution in [0, 0.1) is 19.3 Å². The van der Waals surface area contributed by atoms with Gasteiger partial charge in [0.1, 0.15) is 11.5 Å². The number of rotatable bonds is 2. The van der Waals surface area contributed by atoms with E-state index in [9.17, 15) is 4.79 Å². The Balaban J connectivity index is 1.86. The smallest absolute Gasteiger partial charge is 0.227 e. The third-order valence-corrected chi connectivity index (χ3v) is 4.59. The Hall–Kier alpha value is -2.24. The first kappa shape index (κ1) is 17.6. The van der Waals surface area contributed by atoms with E-state index in [0.717, 1.165) is 54.5 Å². The fraction of sp³-hybridized carbons (Fsp3) is 0.579. The monoisotopic (exact) mass is 341 g/mol. The van der Waals surface area contributed by atoms with Crippen molar-refractivity contribution in [3.63, 3.8) is 0 Å². The lowest BCUT2D eigenvalue weighted by Crippen LogP contribution is -2.44. The highest BCUT2D eigenvalue weighted by Crippen LogP contribution is 2.30. The van der Waals surface area contributed by atoms with Gasteiger partial charge in [-0.3, -0.25) is 9.89 Å². The number of piperidine rings is 1. The minimum atomic E-state index is -0.346. The molecule has 25 heavy (non-hydrogen) atoms. The van der Waals surface area contributed by atoms with Crippen LogP contribution in [-0.4, -0.2) is 44.1 Å². The van der Waals surface area contributed by atoms with Crippen LogP contribution in [0.2, 0.25) is 0 Å². The molecule has 2 aromatic rings. The summed E-state index contributed by atoms with van der Waals surface area (Å²) in [5.41, 5.74) is 3.34. The van der Waals surface area contributed by atoms with Gasteiger partial charge in [0.15, 0.2) is 0 Å². The number of aromatic amines is 1. The third-order valence-electron chi connectivity index (χ3n) is 4.59. The maximum atomic E-state index is 12.6. The largest absolute Gasteiger partial charge is 0.342 e. The van der Waals surface area contributed by atoms with Crippen LogP contribution in [0.1, 0.15) is 56.7 Å². The average Bonchev–Trinajstić information content (AvgIpc) is 2.99. The van der Waals surface area contributed by atoms with Gasteiger partial charge in [0.25, 0.3) is 0 Å². The van der Waals surface area contributed by atoms with Gasteiger partial charge < -0.3 is 4.90 Å². The third kappa shape index (κ3) is 3.89. The van der Waals surface area contributed by atoms with Crippen LogP contribution in [-0.2, 0) is 4.79 Å². The number of H-pyrrole nitrogens is 1. The summed E-state index contributed by atoms with van der Waals surface area (Å²) in [6, 6.07) is 4.01. The molecule has 3 heterocycles. The van der Waals surface area contributed by atoms with E-state index in [1.807, 2.05) is 51.7 Å². The molecule has 6 nitrogen and oxygen atoms in total. The molecule has 1 saturated heterocycles. The minimum absolute atomic E-state index is 0.214. The van der Waals surface area contributed by atoms with Crippen molar-refractivity contribution in [2.75, 3.05) is 13.1 Å². The molecule has 0 radical (unpaired) electrons. The summed E-state index contributed by atoms with van der Waals surface area (Å²) in [5, 5.41) is 7.27. The number of nitrogens with zero attached hydrogens (tertiary/aromatic N) is 4. The predicted molar refractivity (Wildman–Crippen MR) is 97.1 cm³/mol. The highest BCUT2D eigenvalue weighted by atomic mass is 16.2. The number of nitrogens with one attached hydrogen (secondary N) is 1. The molecule has 0 aromatic carbocycles. The number of aryl methyl sites for hydroxylation is 2. The molecule has 1 aliphatic rings. The summed E-state index contributed by atoms with van der Waals surface area (Å²) < 4.78 is 0. The van der Waals surface area contributed by atoms with Crippen LogP contribution in [0.25, 0.3) is 11.4 Å². The zero-order valence-corrected chi connectivity index (χ0v) is 15.8. The first-order valence-corrected chi connectivity index (χ1v) is 8.91. The van der Waals surface area contributed by atoms with Crippen molar-refractivity contribution in [3.8, 4) is 11.4 Å². The standard InChI is InChI=1S/C19H27N5O/c1-12-9-17(23-22-12)16-10-15(20-13(2)21-16)14-7-6-8-24(11-14)18(25)19(3,4)5/h9-10,14H,6-8,11H2,1-5H3,(H,22,23)/t14-/m1/s1. The van der Waals surface area contributed by atoms with Crippen LogP contribution < -0.4 is 0 Å². The highest BCUT2D eigenvalue weighted by molar-refractivity contribution is 5.81. The van der Waals surface area contributed by atoms with Crippen molar-refractivity contribution >= 4 is 5.91 Å². The van der Waals surface area contributed by atoms with Crippen LogP contribution in [0.3, 0.4) is 0 Å². The molecule has 1 aliphatic heterocycles. The van der Waals surface area contributed by atoms with Crippen molar-refractivity contribution in [3.05, 3.63) is 29.3 Å². The van der Waals surface area contributed by atoms with E-state index in [1.54, 1.807) is 0 Å². The molecule has 0 aliphatic carbocycles. The number of carbonyl (C=O) groups excluding carboxylic acids is 1. The van der Waals surface area contributed by atoms with E-state index < -0.39 is 0 Å². The summed E-state index contributed by atoms with van der Waals surface area (Å²) in [7, 11) is 0. The lowest BCUT2D eigenvalue weighted by atomic mass is 9.89. The molecule has 0 saturated carbocycles. The van der Waals surface area contributed by atoms with Crippen molar-refractivity contribution in [1.82, 2.24) is 25.1 Å². The van der Waals surface area contributed by atoms with Crippen LogP contribution in [0.5, 0.6) is 0 Å². The fourth-order valence-electron chi connectivity index (χ4n) is 3.36. The maximum absolute atomic E-state index is 12.6. The van der Waals surface area contributed by atoms with Gasteiger partial charge in [-0.15, -0.1) is 0 Å². The van der Waals surface area contributed by atoms with E-state index in [4.69, 9.17) is 0 Å². The first-order valence-electron chi connectivity index (χ1n) is 8.91. The number of likely N-dealkylation sites (tertiary alicyclic amines) is 1. The van der Waals surface area contributed by atoms with Crippen molar-refractivity contribution in [2.45, 2.75) is 53.4 Å². The Labute approximate surface area is 149 Å². The molecule has 134 valence electrons. The molecule has 0 spiro atoms. The van der Waals surface area contributed by atoms with Crippen LogP contribution >= 0.6 is 0 Å². The number of amides is 1. The lowest BCUT2D eigenvalue weighted by Gasteiger charge is -2.36. The average molecular weight is 341 g/mol. The second-order valence-electron chi connectivity index (χ2n) is 8.00. The van der Waals surface area contributed by atoms with E-state index in [-0.39, 0.29) is 17.2 Å². The summed E-state index contributed by atoms with van der Waals surface area (Å²) in [4.78, 5) is 23.8. The normalized spacial score (nSPS) is 18.4. The Morgan fingerprint density at radius 2 is 1.96 bits per heavy atom. The van der Waals surface area contributed by atoms with E-state index in [1.165, 1.54) is 0 Å². The molecule has 0 bridgehead atoms. The Bertz CT molecular complexity index is 774. The van der Waals surface area contributed by atoms with Gasteiger partial charge in [-0.25, -0.2) is 9.97 Å². The van der Waals surface area contributed by atoms with Crippen molar-refractivity contribution in [1.29, 1.82) is 0 Å².